The van der Waals surface area contributed by atoms with E-state index >= 15 is 0 Å². The van der Waals surface area contributed by atoms with Crippen molar-refractivity contribution in [3.63, 3.8) is 0 Å². The van der Waals surface area contributed by atoms with Gasteiger partial charge < -0.3 is 20.1 Å². The van der Waals surface area contributed by atoms with Crippen LogP contribution < -0.4 is 20.1 Å². The smallest absolute Gasteiger partial charge is 0.325 e. The lowest BCUT2D eigenvalue weighted by Crippen LogP contribution is -2.51. The van der Waals surface area contributed by atoms with E-state index in [-0.39, 0.29) is 5.92 Å². The number of carbonyl (C=O) groups excluding carboxylic acids is 3. The molecule has 1 aromatic carbocycles. The molecule has 1 saturated heterocycles. The second-order valence-corrected chi connectivity index (χ2v) is 7.94. The molecule has 0 bridgehead atoms. The number of urea groups is 1. The lowest BCUT2D eigenvalue weighted by Gasteiger charge is -2.26. The average Bonchev–Trinajstić information content (AvgIpc) is 3.54. The summed E-state index contributed by atoms with van der Waals surface area (Å²) in [5.41, 5.74) is -1.79. The lowest BCUT2D eigenvalue weighted by atomic mass is 9.91. The third-order valence-corrected chi connectivity index (χ3v) is 5.72. The van der Waals surface area contributed by atoms with Gasteiger partial charge in [0.25, 0.3) is 5.91 Å². The van der Waals surface area contributed by atoms with Gasteiger partial charge in [0.1, 0.15) is 30.8 Å². The number of benzene rings is 1. The summed E-state index contributed by atoms with van der Waals surface area (Å²) in [5, 5.41) is 14.7. The number of imide groups is 1. The van der Waals surface area contributed by atoms with Crippen molar-refractivity contribution in [2.45, 2.75) is 37.8 Å². The van der Waals surface area contributed by atoms with E-state index in [2.05, 4.69) is 16.7 Å². The van der Waals surface area contributed by atoms with E-state index < -0.39 is 35.5 Å². The Balaban J connectivity index is 1.51. The Morgan fingerprint density at radius 1 is 1.34 bits per heavy atom. The summed E-state index contributed by atoms with van der Waals surface area (Å²) in [5.74, 6) is 0.0905. The van der Waals surface area contributed by atoms with Gasteiger partial charge in [-0.1, -0.05) is 6.07 Å². The molecule has 2 N–H and O–H groups in total. The van der Waals surface area contributed by atoms with E-state index in [1.165, 1.54) is 0 Å². The van der Waals surface area contributed by atoms with Crippen LogP contribution in [0, 0.1) is 17.2 Å². The Morgan fingerprint density at radius 3 is 2.69 bits per heavy atom. The molecular formula is C20H22N4O5. The van der Waals surface area contributed by atoms with E-state index in [4.69, 9.17) is 9.47 Å². The normalized spacial score (nSPS) is 25.1. The Bertz CT molecular complexity index is 937. The molecule has 2 aliphatic heterocycles. The first-order valence-corrected chi connectivity index (χ1v) is 9.53. The van der Waals surface area contributed by atoms with Gasteiger partial charge in [-0.2, -0.15) is 5.26 Å². The molecule has 2 fully saturated rings. The van der Waals surface area contributed by atoms with Crippen molar-refractivity contribution in [1.29, 1.82) is 5.26 Å². The minimum absolute atomic E-state index is 0.0996. The van der Waals surface area contributed by atoms with E-state index in [9.17, 15) is 19.6 Å². The van der Waals surface area contributed by atoms with Crippen molar-refractivity contribution < 1.29 is 23.9 Å². The van der Waals surface area contributed by atoms with Gasteiger partial charge in [0, 0.05) is 0 Å². The van der Waals surface area contributed by atoms with Crippen LogP contribution in [-0.4, -0.2) is 48.0 Å². The van der Waals surface area contributed by atoms with Crippen LogP contribution in [-0.2, 0) is 15.1 Å². The molecule has 9 nitrogen and oxygen atoms in total. The predicted octanol–water partition coefficient (Wildman–Crippen LogP) is 1.03. The van der Waals surface area contributed by atoms with Gasteiger partial charge in [0.15, 0.2) is 11.5 Å². The predicted molar refractivity (Wildman–Crippen MR) is 99.9 cm³/mol. The number of carbonyl (C=O) groups is 3. The van der Waals surface area contributed by atoms with Gasteiger partial charge in [-0.3, -0.25) is 14.5 Å². The van der Waals surface area contributed by atoms with Crippen LogP contribution in [0.5, 0.6) is 11.5 Å². The third kappa shape index (κ3) is 3.24. The standard InChI is InChI=1S/C20H22N4O5/c1-19(11-21,12-3-4-12)22-16(25)10-24-17(26)20(2,23-18(24)27)13-5-6-14-15(9-13)29-8-7-28-14/h5-6,9,12H,3-4,7-8,10H2,1-2H3,(H,22,25)(H,23,27)/t19-,20+/m0/s1. The Morgan fingerprint density at radius 2 is 2.03 bits per heavy atom. The van der Waals surface area contributed by atoms with Crippen molar-refractivity contribution in [2.24, 2.45) is 5.92 Å². The third-order valence-electron chi connectivity index (χ3n) is 5.72. The van der Waals surface area contributed by atoms with Crippen LogP contribution in [0.3, 0.4) is 0 Å². The Labute approximate surface area is 167 Å². The molecule has 29 heavy (non-hydrogen) atoms. The van der Waals surface area contributed by atoms with Gasteiger partial charge in [0.2, 0.25) is 5.91 Å². The van der Waals surface area contributed by atoms with E-state index in [1.807, 2.05) is 0 Å². The van der Waals surface area contributed by atoms with Crippen LogP contribution >= 0.6 is 0 Å². The molecule has 1 aliphatic carbocycles. The number of hydrogen-bond donors (Lipinski definition) is 2. The zero-order valence-electron chi connectivity index (χ0n) is 16.3. The van der Waals surface area contributed by atoms with Crippen molar-refractivity contribution in [1.82, 2.24) is 15.5 Å². The molecule has 1 aromatic rings. The van der Waals surface area contributed by atoms with Gasteiger partial charge in [-0.05, 0) is 50.3 Å². The summed E-state index contributed by atoms with van der Waals surface area (Å²) < 4.78 is 11.1. The second-order valence-electron chi connectivity index (χ2n) is 7.94. The molecule has 0 aromatic heterocycles. The summed E-state index contributed by atoms with van der Waals surface area (Å²) in [4.78, 5) is 38.9. The highest BCUT2D eigenvalue weighted by Gasteiger charge is 2.50. The van der Waals surface area contributed by atoms with Gasteiger partial charge in [-0.25, -0.2) is 4.79 Å². The number of nitrogens with zero attached hydrogens (tertiary/aromatic N) is 2. The van der Waals surface area contributed by atoms with Crippen molar-refractivity contribution in [3.8, 4) is 17.6 Å². The molecule has 2 atom stereocenters. The quantitative estimate of drug-likeness (QED) is 0.715. The number of fused-ring (bicyclic) bond motifs is 1. The highest BCUT2D eigenvalue weighted by molar-refractivity contribution is 6.09. The minimum Gasteiger partial charge on any atom is -0.486 e. The number of nitrogens with one attached hydrogen (secondary N) is 2. The molecule has 4 amide bonds. The highest BCUT2D eigenvalue weighted by Crippen LogP contribution is 2.39. The SMILES string of the molecule is C[C@]1(c2ccc3c(c2)OCCO3)NC(=O)N(CC(=O)N[C@@](C)(C#N)C2CC2)C1=O. The monoisotopic (exact) mass is 398 g/mol. The Hall–Kier alpha value is -3.28. The first-order valence-electron chi connectivity index (χ1n) is 9.53. The van der Waals surface area contributed by atoms with Gasteiger partial charge in [-0.15, -0.1) is 0 Å². The summed E-state index contributed by atoms with van der Waals surface area (Å²) in [6.07, 6.45) is 1.74. The molecule has 0 unspecified atom stereocenters. The largest absolute Gasteiger partial charge is 0.486 e. The number of rotatable bonds is 5. The van der Waals surface area contributed by atoms with Crippen molar-refractivity contribution in [2.75, 3.05) is 19.8 Å². The summed E-state index contributed by atoms with van der Waals surface area (Å²) in [6.45, 7) is 3.64. The molecule has 2 heterocycles. The molecule has 4 rings (SSSR count). The molecule has 0 radical (unpaired) electrons. The highest BCUT2D eigenvalue weighted by atomic mass is 16.6. The van der Waals surface area contributed by atoms with E-state index in [0.29, 0.717) is 30.3 Å². The van der Waals surface area contributed by atoms with Gasteiger partial charge >= 0.3 is 6.03 Å². The molecule has 3 aliphatic rings. The van der Waals surface area contributed by atoms with E-state index in [0.717, 1.165) is 17.7 Å². The molecular weight excluding hydrogens is 376 g/mol. The minimum atomic E-state index is -1.33. The summed E-state index contributed by atoms with van der Waals surface area (Å²) in [7, 11) is 0. The van der Waals surface area contributed by atoms with Crippen LogP contribution in [0.4, 0.5) is 4.79 Å². The van der Waals surface area contributed by atoms with Crippen LogP contribution in [0.15, 0.2) is 18.2 Å². The average molecular weight is 398 g/mol. The molecule has 0 spiro atoms. The number of hydrogen-bond acceptors (Lipinski definition) is 6. The lowest BCUT2D eigenvalue weighted by molar-refractivity contribution is -0.135. The van der Waals surface area contributed by atoms with Crippen molar-refractivity contribution in [3.05, 3.63) is 23.8 Å². The number of amides is 4. The second kappa shape index (κ2) is 6.65. The van der Waals surface area contributed by atoms with E-state index in [1.54, 1.807) is 32.0 Å². The summed E-state index contributed by atoms with van der Waals surface area (Å²) in [6, 6.07) is 6.51. The first-order chi connectivity index (χ1) is 13.8. The van der Waals surface area contributed by atoms with Crippen LogP contribution in [0.25, 0.3) is 0 Å². The fourth-order valence-corrected chi connectivity index (χ4v) is 3.75. The number of nitriles is 1. The fraction of sp³-hybridized carbons (Fsp3) is 0.500. The first kappa shape index (κ1) is 19.1. The molecule has 9 heteroatoms. The zero-order valence-corrected chi connectivity index (χ0v) is 16.3. The number of ether oxygens (including phenoxy) is 2. The van der Waals surface area contributed by atoms with Gasteiger partial charge in [0.05, 0.1) is 6.07 Å². The maximum Gasteiger partial charge on any atom is 0.325 e. The topological polar surface area (TPSA) is 121 Å². The zero-order chi connectivity index (χ0) is 20.8. The van der Waals surface area contributed by atoms with Crippen molar-refractivity contribution >= 4 is 17.8 Å². The maximum atomic E-state index is 13.0. The summed E-state index contributed by atoms with van der Waals surface area (Å²) >= 11 is 0. The molecule has 152 valence electrons. The maximum absolute atomic E-state index is 13.0. The van der Waals surface area contributed by atoms with Crippen LogP contribution in [0.2, 0.25) is 0 Å². The van der Waals surface area contributed by atoms with Crippen LogP contribution in [0.1, 0.15) is 32.3 Å². The fourth-order valence-electron chi connectivity index (χ4n) is 3.75. The molecule has 1 saturated carbocycles. The Kier molecular flexibility index (Phi) is 4.37.